The standard InChI is InChI=1S/C12H16BrCl/c1-3-11(9(2)13)7-10-5-4-6-12(14)8-10/h4-6,8-9,11H,3,7H2,1-2H3. The third kappa shape index (κ3) is 3.62. The Hall–Kier alpha value is -0.0100. The Bertz CT molecular complexity index is 283. The maximum absolute atomic E-state index is 5.94. The molecule has 0 aromatic heterocycles. The number of halogens is 2. The molecule has 78 valence electrons. The zero-order valence-corrected chi connectivity index (χ0v) is 11.0. The van der Waals surface area contributed by atoms with Gasteiger partial charge in [-0.25, -0.2) is 0 Å². The molecule has 0 bridgehead atoms. The van der Waals surface area contributed by atoms with E-state index in [2.05, 4.69) is 41.9 Å². The molecular weight excluding hydrogens is 259 g/mol. The number of hydrogen-bond donors (Lipinski definition) is 0. The second kappa shape index (κ2) is 5.77. The second-order valence-electron chi connectivity index (χ2n) is 3.68. The van der Waals surface area contributed by atoms with Crippen LogP contribution in [-0.4, -0.2) is 4.83 Å². The van der Waals surface area contributed by atoms with Gasteiger partial charge in [-0.1, -0.05) is 59.9 Å². The van der Waals surface area contributed by atoms with Crippen LogP contribution in [0.2, 0.25) is 5.02 Å². The Labute approximate surface area is 99.8 Å². The second-order valence-corrected chi connectivity index (χ2v) is 5.56. The molecule has 0 amide bonds. The highest BCUT2D eigenvalue weighted by Gasteiger charge is 2.12. The van der Waals surface area contributed by atoms with Crippen LogP contribution in [0, 0.1) is 5.92 Å². The molecule has 0 nitrogen and oxygen atoms in total. The molecule has 14 heavy (non-hydrogen) atoms. The first-order valence-electron chi connectivity index (χ1n) is 5.02. The fourth-order valence-electron chi connectivity index (χ4n) is 1.60. The van der Waals surface area contributed by atoms with Gasteiger partial charge >= 0.3 is 0 Å². The fourth-order valence-corrected chi connectivity index (χ4v) is 2.37. The summed E-state index contributed by atoms with van der Waals surface area (Å²) in [7, 11) is 0. The number of benzene rings is 1. The van der Waals surface area contributed by atoms with E-state index >= 15 is 0 Å². The monoisotopic (exact) mass is 274 g/mol. The van der Waals surface area contributed by atoms with Crippen molar-refractivity contribution in [2.75, 3.05) is 0 Å². The van der Waals surface area contributed by atoms with Gasteiger partial charge in [0.15, 0.2) is 0 Å². The quantitative estimate of drug-likeness (QED) is 0.699. The Morgan fingerprint density at radius 3 is 2.64 bits per heavy atom. The van der Waals surface area contributed by atoms with Gasteiger partial charge in [0.05, 0.1) is 0 Å². The minimum absolute atomic E-state index is 0.562. The van der Waals surface area contributed by atoms with Crippen molar-refractivity contribution in [1.29, 1.82) is 0 Å². The molecule has 1 aromatic rings. The van der Waals surface area contributed by atoms with Crippen molar-refractivity contribution in [1.82, 2.24) is 0 Å². The van der Waals surface area contributed by atoms with E-state index in [4.69, 9.17) is 11.6 Å². The van der Waals surface area contributed by atoms with E-state index in [1.807, 2.05) is 12.1 Å². The van der Waals surface area contributed by atoms with Crippen molar-refractivity contribution in [3.63, 3.8) is 0 Å². The van der Waals surface area contributed by atoms with Crippen molar-refractivity contribution in [2.45, 2.75) is 31.5 Å². The summed E-state index contributed by atoms with van der Waals surface area (Å²) < 4.78 is 0. The van der Waals surface area contributed by atoms with Gasteiger partial charge in [-0.05, 0) is 30.0 Å². The molecule has 1 aromatic carbocycles. The number of hydrogen-bond acceptors (Lipinski definition) is 0. The molecule has 0 saturated heterocycles. The summed E-state index contributed by atoms with van der Waals surface area (Å²) in [6, 6.07) is 8.14. The molecule has 0 saturated carbocycles. The van der Waals surface area contributed by atoms with Gasteiger partial charge in [0, 0.05) is 9.85 Å². The zero-order chi connectivity index (χ0) is 10.6. The zero-order valence-electron chi connectivity index (χ0n) is 8.63. The van der Waals surface area contributed by atoms with Gasteiger partial charge < -0.3 is 0 Å². The lowest BCUT2D eigenvalue weighted by Crippen LogP contribution is -2.12. The molecule has 2 atom stereocenters. The minimum Gasteiger partial charge on any atom is -0.0891 e. The van der Waals surface area contributed by atoms with Crippen molar-refractivity contribution < 1.29 is 0 Å². The third-order valence-corrected chi connectivity index (χ3v) is 3.54. The molecule has 0 aliphatic rings. The normalized spacial score (nSPS) is 15.1. The molecule has 2 unspecified atom stereocenters. The first-order valence-corrected chi connectivity index (χ1v) is 6.31. The van der Waals surface area contributed by atoms with Crippen molar-refractivity contribution >= 4 is 27.5 Å². The van der Waals surface area contributed by atoms with Crippen LogP contribution in [0.1, 0.15) is 25.8 Å². The topological polar surface area (TPSA) is 0 Å². The van der Waals surface area contributed by atoms with Gasteiger partial charge in [0.1, 0.15) is 0 Å². The summed E-state index contributed by atoms with van der Waals surface area (Å²) >= 11 is 9.58. The maximum Gasteiger partial charge on any atom is 0.0408 e. The fraction of sp³-hybridized carbons (Fsp3) is 0.500. The minimum atomic E-state index is 0.562. The summed E-state index contributed by atoms with van der Waals surface area (Å²) in [6.07, 6.45) is 2.29. The molecule has 2 heteroatoms. The average molecular weight is 276 g/mol. The van der Waals surface area contributed by atoms with Crippen LogP contribution < -0.4 is 0 Å². The summed E-state index contributed by atoms with van der Waals surface area (Å²) in [5, 5.41) is 0.833. The van der Waals surface area contributed by atoms with Crippen LogP contribution in [0.3, 0.4) is 0 Å². The molecule has 0 heterocycles. The largest absolute Gasteiger partial charge is 0.0891 e. The third-order valence-electron chi connectivity index (χ3n) is 2.56. The highest BCUT2D eigenvalue weighted by atomic mass is 79.9. The average Bonchev–Trinajstić information content (AvgIpc) is 2.14. The smallest absolute Gasteiger partial charge is 0.0408 e. The van der Waals surface area contributed by atoms with E-state index in [-0.39, 0.29) is 0 Å². The van der Waals surface area contributed by atoms with Gasteiger partial charge in [0.25, 0.3) is 0 Å². The lowest BCUT2D eigenvalue weighted by atomic mass is 9.95. The summed E-state index contributed by atoms with van der Waals surface area (Å²) in [5.74, 6) is 0.688. The molecule has 0 aliphatic carbocycles. The number of alkyl halides is 1. The van der Waals surface area contributed by atoms with Crippen LogP contribution in [-0.2, 0) is 6.42 Å². The van der Waals surface area contributed by atoms with Gasteiger partial charge in [-0.2, -0.15) is 0 Å². The Morgan fingerprint density at radius 2 is 2.14 bits per heavy atom. The Balaban J connectivity index is 2.67. The highest BCUT2D eigenvalue weighted by Crippen LogP contribution is 2.22. The molecule has 0 radical (unpaired) electrons. The van der Waals surface area contributed by atoms with E-state index < -0.39 is 0 Å². The molecular formula is C12H16BrCl. The van der Waals surface area contributed by atoms with Crippen LogP contribution in [0.25, 0.3) is 0 Å². The maximum atomic E-state index is 5.94. The van der Waals surface area contributed by atoms with Crippen LogP contribution in [0.4, 0.5) is 0 Å². The van der Waals surface area contributed by atoms with E-state index in [1.54, 1.807) is 0 Å². The molecule has 0 spiro atoms. The van der Waals surface area contributed by atoms with Gasteiger partial charge in [-0.3, -0.25) is 0 Å². The predicted molar refractivity (Wildman–Crippen MR) is 67.3 cm³/mol. The van der Waals surface area contributed by atoms with E-state index in [1.165, 1.54) is 12.0 Å². The first-order chi connectivity index (χ1) is 6.63. The first kappa shape index (κ1) is 12.1. The van der Waals surface area contributed by atoms with E-state index in [0.717, 1.165) is 11.4 Å². The predicted octanol–water partition coefficient (Wildman–Crippen LogP) is 4.69. The van der Waals surface area contributed by atoms with Crippen LogP contribution in [0.15, 0.2) is 24.3 Å². The Morgan fingerprint density at radius 1 is 1.43 bits per heavy atom. The highest BCUT2D eigenvalue weighted by molar-refractivity contribution is 9.09. The van der Waals surface area contributed by atoms with E-state index in [9.17, 15) is 0 Å². The van der Waals surface area contributed by atoms with E-state index in [0.29, 0.717) is 10.7 Å². The van der Waals surface area contributed by atoms with Crippen LogP contribution >= 0.6 is 27.5 Å². The van der Waals surface area contributed by atoms with Crippen molar-refractivity contribution in [3.8, 4) is 0 Å². The number of rotatable bonds is 4. The van der Waals surface area contributed by atoms with Crippen molar-refractivity contribution in [3.05, 3.63) is 34.9 Å². The Kier molecular flexibility index (Phi) is 4.97. The molecule has 1 rings (SSSR count). The van der Waals surface area contributed by atoms with Crippen LogP contribution in [0.5, 0.6) is 0 Å². The lowest BCUT2D eigenvalue weighted by Gasteiger charge is -2.17. The van der Waals surface area contributed by atoms with Gasteiger partial charge in [-0.15, -0.1) is 0 Å². The molecule has 0 fully saturated rings. The summed E-state index contributed by atoms with van der Waals surface area (Å²) in [6.45, 7) is 4.44. The summed E-state index contributed by atoms with van der Waals surface area (Å²) in [4.78, 5) is 0.562. The summed E-state index contributed by atoms with van der Waals surface area (Å²) in [5.41, 5.74) is 1.33. The SMILES string of the molecule is CCC(Cc1cccc(Cl)c1)C(C)Br. The van der Waals surface area contributed by atoms with Gasteiger partial charge in [0.2, 0.25) is 0 Å². The lowest BCUT2D eigenvalue weighted by molar-refractivity contribution is 0.508. The molecule has 0 N–H and O–H groups in total. The molecule has 0 aliphatic heterocycles. The van der Waals surface area contributed by atoms with Crippen molar-refractivity contribution in [2.24, 2.45) is 5.92 Å².